The second-order valence-corrected chi connectivity index (χ2v) is 8.08. The Hall–Kier alpha value is -2.33. The van der Waals surface area contributed by atoms with Gasteiger partial charge >= 0.3 is 6.18 Å². The standard InChI is InChI=1S/C18H22F3N3O3S/c1-4-24(5-2)28(26,27)15-10-16(23(3)12-15)17(25)22-11-13-7-6-8-14(9-13)18(19,20)21/h6-10,12H,4-5,11H2,1-3H3,(H,22,25). The molecule has 154 valence electrons. The highest BCUT2D eigenvalue weighted by Crippen LogP contribution is 2.29. The van der Waals surface area contributed by atoms with E-state index in [0.717, 1.165) is 12.1 Å². The lowest BCUT2D eigenvalue weighted by molar-refractivity contribution is -0.137. The highest BCUT2D eigenvalue weighted by atomic mass is 32.2. The number of aryl methyl sites for hydroxylation is 1. The molecule has 2 rings (SSSR count). The summed E-state index contributed by atoms with van der Waals surface area (Å²) in [6.07, 6.45) is -3.13. The second kappa shape index (κ2) is 8.36. The number of amides is 1. The zero-order valence-corrected chi connectivity index (χ0v) is 16.6. The van der Waals surface area contributed by atoms with Crippen LogP contribution in [0.5, 0.6) is 0 Å². The fraction of sp³-hybridized carbons (Fsp3) is 0.389. The number of halogens is 3. The van der Waals surface area contributed by atoms with E-state index in [1.54, 1.807) is 13.8 Å². The number of carbonyl (C=O) groups excluding carboxylic acids is 1. The number of hydrogen-bond acceptors (Lipinski definition) is 3. The summed E-state index contributed by atoms with van der Waals surface area (Å²) in [5.41, 5.74) is -0.420. The number of rotatable bonds is 7. The summed E-state index contributed by atoms with van der Waals surface area (Å²) in [4.78, 5) is 12.4. The molecule has 0 saturated carbocycles. The molecule has 1 aromatic heterocycles. The maximum absolute atomic E-state index is 12.8. The van der Waals surface area contributed by atoms with Crippen LogP contribution in [-0.2, 0) is 29.8 Å². The number of nitrogens with zero attached hydrogens (tertiary/aromatic N) is 2. The first-order valence-electron chi connectivity index (χ1n) is 8.61. The van der Waals surface area contributed by atoms with Crippen molar-refractivity contribution in [2.24, 2.45) is 7.05 Å². The zero-order valence-electron chi connectivity index (χ0n) is 15.7. The summed E-state index contributed by atoms with van der Waals surface area (Å²) >= 11 is 0. The largest absolute Gasteiger partial charge is 0.416 e. The lowest BCUT2D eigenvalue weighted by Gasteiger charge is -2.17. The van der Waals surface area contributed by atoms with Crippen LogP contribution in [0.2, 0.25) is 0 Å². The minimum Gasteiger partial charge on any atom is -0.347 e. The minimum absolute atomic E-state index is 0.0112. The van der Waals surface area contributed by atoms with Crippen molar-refractivity contribution in [1.29, 1.82) is 0 Å². The molecule has 0 aliphatic rings. The summed E-state index contributed by atoms with van der Waals surface area (Å²) in [6.45, 7) is 3.90. The van der Waals surface area contributed by atoms with E-state index in [9.17, 15) is 26.4 Å². The zero-order chi connectivity index (χ0) is 21.1. The number of benzene rings is 1. The Bertz CT molecular complexity index is 948. The SMILES string of the molecule is CCN(CC)S(=O)(=O)c1cc(C(=O)NCc2cccc(C(F)(F)F)c2)n(C)c1. The van der Waals surface area contributed by atoms with Crippen LogP contribution in [0.3, 0.4) is 0 Å². The van der Waals surface area contributed by atoms with Gasteiger partial charge in [-0.1, -0.05) is 26.0 Å². The van der Waals surface area contributed by atoms with Gasteiger partial charge in [-0.3, -0.25) is 4.79 Å². The molecular formula is C18H22F3N3O3S. The van der Waals surface area contributed by atoms with Gasteiger partial charge in [-0.2, -0.15) is 17.5 Å². The van der Waals surface area contributed by atoms with Crippen molar-refractivity contribution in [3.8, 4) is 0 Å². The van der Waals surface area contributed by atoms with Crippen molar-refractivity contribution < 1.29 is 26.4 Å². The lowest BCUT2D eigenvalue weighted by atomic mass is 10.1. The number of nitrogens with one attached hydrogen (secondary N) is 1. The van der Waals surface area contributed by atoms with Crippen molar-refractivity contribution >= 4 is 15.9 Å². The number of aromatic nitrogens is 1. The van der Waals surface area contributed by atoms with Gasteiger partial charge in [0, 0.05) is 32.9 Å². The molecule has 0 saturated heterocycles. The first-order valence-corrected chi connectivity index (χ1v) is 10.1. The Morgan fingerprint density at radius 3 is 2.39 bits per heavy atom. The molecule has 6 nitrogen and oxygen atoms in total. The highest BCUT2D eigenvalue weighted by Gasteiger charge is 2.30. The first kappa shape index (κ1) is 22.0. The van der Waals surface area contributed by atoms with E-state index in [4.69, 9.17) is 0 Å². The number of sulfonamides is 1. The molecule has 0 radical (unpaired) electrons. The fourth-order valence-electron chi connectivity index (χ4n) is 2.74. The Morgan fingerprint density at radius 1 is 1.18 bits per heavy atom. The Kier molecular flexibility index (Phi) is 6.56. The molecule has 10 heteroatoms. The van der Waals surface area contributed by atoms with Crippen LogP contribution in [0.1, 0.15) is 35.5 Å². The molecule has 28 heavy (non-hydrogen) atoms. The van der Waals surface area contributed by atoms with Crippen LogP contribution in [0.25, 0.3) is 0 Å². The van der Waals surface area contributed by atoms with Crippen LogP contribution in [0.4, 0.5) is 13.2 Å². The van der Waals surface area contributed by atoms with Crippen LogP contribution < -0.4 is 5.32 Å². The third-order valence-electron chi connectivity index (χ3n) is 4.26. The van der Waals surface area contributed by atoms with E-state index in [0.29, 0.717) is 13.1 Å². The van der Waals surface area contributed by atoms with Gasteiger partial charge in [0.1, 0.15) is 10.6 Å². The van der Waals surface area contributed by atoms with Crippen molar-refractivity contribution in [3.05, 3.63) is 53.3 Å². The van der Waals surface area contributed by atoms with Gasteiger partial charge in [-0.15, -0.1) is 0 Å². The average Bonchev–Trinajstić information content (AvgIpc) is 3.03. The molecule has 0 aliphatic carbocycles. The Balaban J connectivity index is 2.17. The van der Waals surface area contributed by atoms with Gasteiger partial charge in [0.05, 0.1) is 5.56 Å². The molecule has 0 fully saturated rings. The van der Waals surface area contributed by atoms with Gasteiger partial charge < -0.3 is 9.88 Å². The Morgan fingerprint density at radius 2 is 1.82 bits per heavy atom. The van der Waals surface area contributed by atoms with E-state index in [-0.39, 0.29) is 22.7 Å². The van der Waals surface area contributed by atoms with Gasteiger partial charge in [0.15, 0.2) is 0 Å². The molecule has 0 unspecified atom stereocenters. The van der Waals surface area contributed by atoms with Gasteiger partial charge in [0.25, 0.3) is 5.91 Å². The fourth-order valence-corrected chi connectivity index (χ4v) is 4.27. The van der Waals surface area contributed by atoms with Crippen molar-refractivity contribution in [2.75, 3.05) is 13.1 Å². The van der Waals surface area contributed by atoms with Crippen molar-refractivity contribution in [1.82, 2.24) is 14.2 Å². The van der Waals surface area contributed by atoms with Gasteiger partial charge in [0.2, 0.25) is 10.0 Å². The molecule has 2 aromatic rings. The van der Waals surface area contributed by atoms with Crippen molar-refractivity contribution in [2.45, 2.75) is 31.5 Å². The predicted octanol–water partition coefficient (Wildman–Crippen LogP) is 3.00. The summed E-state index contributed by atoms with van der Waals surface area (Å²) in [5.74, 6) is -0.582. The maximum atomic E-state index is 12.8. The number of hydrogen-bond donors (Lipinski definition) is 1. The average molecular weight is 417 g/mol. The quantitative estimate of drug-likeness (QED) is 0.753. The second-order valence-electron chi connectivity index (χ2n) is 6.14. The number of alkyl halides is 3. The topological polar surface area (TPSA) is 71.4 Å². The Labute approximate surface area is 162 Å². The smallest absolute Gasteiger partial charge is 0.347 e. The van der Waals surface area contributed by atoms with E-state index in [1.807, 2.05) is 0 Å². The summed E-state index contributed by atoms with van der Waals surface area (Å²) in [6, 6.07) is 5.90. The molecule has 0 spiro atoms. The third kappa shape index (κ3) is 4.74. The van der Waals surface area contributed by atoms with Gasteiger partial charge in [-0.25, -0.2) is 8.42 Å². The van der Waals surface area contributed by atoms with E-state index < -0.39 is 27.7 Å². The lowest BCUT2D eigenvalue weighted by Crippen LogP contribution is -2.30. The summed E-state index contributed by atoms with van der Waals surface area (Å²) < 4.78 is 66.1. The van der Waals surface area contributed by atoms with Crippen LogP contribution in [-0.4, -0.2) is 36.3 Å². The van der Waals surface area contributed by atoms with E-state index in [1.165, 1.54) is 40.3 Å². The predicted molar refractivity (Wildman–Crippen MR) is 98.1 cm³/mol. The molecule has 1 heterocycles. The first-order chi connectivity index (χ1) is 13.0. The summed E-state index contributed by atoms with van der Waals surface area (Å²) in [7, 11) is -2.19. The van der Waals surface area contributed by atoms with Crippen molar-refractivity contribution in [3.63, 3.8) is 0 Å². The molecule has 0 atom stereocenters. The monoisotopic (exact) mass is 417 g/mol. The molecule has 0 bridgehead atoms. The maximum Gasteiger partial charge on any atom is 0.416 e. The molecule has 1 amide bonds. The van der Waals surface area contributed by atoms with Crippen LogP contribution >= 0.6 is 0 Å². The van der Waals surface area contributed by atoms with E-state index >= 15 is 0 Å². The molecule has 0 aliphatic heterocycles. The van der Waals surface area contributed by atoms with Crippen LogP contribution in [0, 0.1) is 0 Å². The molecular weight excluding hydrogens is 395 g/mol. The van der Waals surface area contributed by atoms with Crippen LogP contribution in [0.15, 0.2) is 41.4 Å². The summed E-state index contributed by atoms with van der Waals surface area (Å²) in [5, 5.41) is 2.52. The normalized spacial score (nSPS) is 12.4. The van der Waals surface area contributed by atoms with E-state index in [2.05, 4.69) is 5.32 Å². The highest BCUT2D eigenvalue weighted by molar-refractivity contribution is 7.89. The number of carbonyl (C=O) groups is 1. The molecule has 1 N–H and O–H groups in total. The van der Waals surface area contributed by atoms with Gasteiger partial charge in [-0.05, 0) is 23.8 Å². The minimum atomic E-state index is -4.47. The molecule has 1 aromatic carbocycles. The third-order valence-corrected chi connectivity index (χ3v) is 6.28.